The normalized spacial score (nSPS) is 22.5. The molecule has 2 fully saturated rings. The van der Waals surface area contributed by atoms with Crippen LogP contribution < -0.4 is 0 Å². The summed E-state index contributed by atoms with van der Waals surface area (Å²) < 4.78 is 154. The van der Waals surface area contributed by atoms with Crippen LogP contribution in [0.5, 0.6) is 0 Å². The van der Waals surface area contributed by atoms with E-state index < -0.39 is 94.2 Å². The average molecular weight is 544 g/mol. The fourth-order valence-corrected chi connectivity index (χ4v) is 5.37. The minimum atomic E-state index is -3.65. The van der Waals surface area contributed by atoms with Crippen molar-refractivity contribution in [2.24, 2.45) is 17.8 Å². The molecule has 1 heterocycles. The number of ether oxygens (including phenoxy) is 2. The maximum Gasteiger partial charge on any atom is 0.234 e. The zero-order valence-electron chi connectivity index (χ0n) is 19.5. The van der Waals surface area contributed by atoms with Crippen molar-refractivity contribution in [1.29, 1.82) is 0 Å². The fraction of sp³-hybridized carbons (Fsp3) is 0.520. The first kappa shape index (κ1) is 27.7. The van der Waals surface area contributed by atoms with E-state index in [1.54, 1.807) is 0 Å². The van der Waals surface area contributed by atoms with Crippen molar-refractivity contribution in [3.05, 3.63) is 69.3 Å². The van der Waals surface area contributed by atoms with E-state index in [9.17, 15) is 43.9 Å². The molecule has 2 aromatic rings. The lowest BCUT2D eigenvalue weighted by Gasteiger charge is -2.44. The van der Waals surface area contributed by atoms with Crippen LogP contribution in [0.1, 0.15) is 56.6 Å². The molecule has 2 aliphatic rings. The zero-order chi connectivity index (χ0) is 27.2. The van der Waals surface area contributed by atoms with Gasteiger partial charge in [0.25, 0.3) is 0 Å². The first-order valence-electron chi connectivity index (χ1n) is 11.8. The molecule has 0 aromatic heterocycles. The predicted octanol–water partition coefficient (Wildman–Crippen LogP) is 7.55. The topological polar surface area (TPSA) is 18.5 Å². The quantitative estimate of drug-likeness (QED) is 0.220. The molecule has 0 radical (unpaired) electrons. The average Bonchev–Trinajstić information content (AvgIpc) is 2.90. The van der Waals surface area contributed by atoms with Crippen LogP contribution in [0.2, 0.25) is 0 Å². The van der Waals surface area contributed by atoms with Crippen LogP contribution in [0.15, 0.2) is 0 Å². The van der Waals surface area contributed by atoms with Crippen LogP contribution in [0.4, 0.5) is 43.9 Å². The molecule has 12 heteroatoms. The van der Waals surface area contributed by atoms with Gasteiger partial charge in [-0.1, -0.05) is 32.6 Å². The van der Waals surface area contributed by atoms with E-state index in [0.717, 1.165) is 25.7 Å². The second kappa shape index (κ2) is 10.4. The van der Waals surface area contributed by atoms with Crippen molar-refractivity contribution >= 4 is 0 Å². The number of hydrogen-bond acceptors (Lipinski definition) is 2. The number of rotatable bonds is 5. The Morgan fingerprint density at radius 2 is 0.892 bits per heavy atom. The summed E-state index contributed by atoms with van der Waals surface area (Å²) in [5.41, 5.74) is -4.03. The Kier molecular flexibility index (Phi) is 7.81. The van der Waals surface area contributed by atoms with Gasteiger partial charge >= 0.3 is 0 Å². The number of benzene rings is 2. The van der Waals surface area contributed by atoms with Crippen LogP contribution in [0, 0.1) is 75.9 Å². The molecular weight excluding hydrogens is 522 g/mol. The van der Waals surface area contributed by atoms with E-state index in [1.807, 2.05) is 6.92 Å². The summed E-state index contributed by atoms with van der Waals surface area (Å²) in [5.74, 6) is -29.4. The third-order valence-corrected chi connectivity index (χ3v) is 7.33. The standard InChI is InChI=1S/C25H22F10O2/c1-2-3-10-4-6-11(7-5-10)12-8-36-25(37-9-12,13-15(26)19(30)23(34)20(31)16(13)27)14-17(28)21(32)24(35)22(33)18(14)29/h10-12H,2-9H2,1H3. The van der Waals surface area contributed by atoms with Crippen LogP contribution in [-0.4, -0.2) is 13.2 Å². The molecule has 4 rings (SSSR count). The highest BCUT2D eigenvalue weighted by Gasteiger charge is 2.53. The Morgan fingerprint density at radius 1 is 0.541 bits per heavy atom. The maximum absolute atomic E-state index is 14.8. The highest BCUT2D eigenvalue weighted by atomic mass is 19.2. The molecule has 1 saturated carbocycles. The first-order chi connectivity index (χ1) is 17.5. The molecule has 0 N–H and O–H groups in total. The van der Waals surface area contributed by atoms with Crippen molar-refractivity contribution in [3.8, 4) is 0 Å². The van der Waals surface area contributed by atoms with E-state index in [4.69, 9.17) is 9.47 Å². The van der Waals surface area contributed by atoms with Gasteiger partial charge in [0.15, 0.2) is 46.5 Å². The van der Waals surface area contributed by atoms with Crippen LogP contribution >= 0.6 is 0 Å². The molecule has 1 aliphatic carbocycles. The molecule has 37 heavy (non-hydrogen) atoms. The van der Waals surface area contributed by atoms with Crippen molar-refractivity contribution < 1.29 is 53.4 Å². The summed E-state index contributed by atoms with van der Waals surface area (Å²) in [6.07, 6.45) is 5.12. The Hall–Kier alpha value is -2.34. The lowest BCUT2D eigenvalue weighted by Crippen LogP contribution is -2.48. The molecule has 2 aromatic carbocycles. The van der Waals surface area contributed by atoms with Crippen LogP contribution in [0.3, 0.4) is 0 Å². The van der Waals surface area contributed by atoms with Crippen LogP contribution in [0.25, 0.3) is 0 Å². The molecule has 0 spiro atoms. The fourth-order valence-electron chi connectivity index (χ4n) is 5.37. The van der Waals surface area contributed by atoms with E-state index >= 15 is 0 Å². The maximum atomic E-state index is 14.8. The van der Waals surface area contributed by atoms with E-state index in [1.165, 1.54) is 0 Å². The van der Waals surface area contributed by atoms with E-state index in [0.29, 0.717) is 18.8 Å². The number of halogens is 10. The van der Waals surface area contributed by atoms with Gasteiger partial charge in [0.2, 0.25) is 17.4 Å². The van der Waals surface area contributed by atoms with Gasteiger partial charge in [0.1, 0.15) is 0 Å². The Labute approximate surface area is 205 Å². The van der Waals surface area contributed by atoms with Gasteiger partial charge in [-0.25, -0.2) is 43.9 Å². The second-order valence-electron chi connectivity index (χ2n) is 9.46. The molecule has 1 aliphatic heterocycles. The highest BCUT2D eigenvalue weighted by Crippen LogP contribution is 2.48. The van der Waals surface area contributed by atoms with Crippen molar-refractivity contribution in [1.82, 2.24) is 0 Å². The van der Waals surface area contributed by atoms with Gasteiger partial charge < -0.3 is 9.47 Å². The molecule has 2 nitrogen and oxygen atoms in total. The lowest BCUT2D eigenvalue weighted by molar-refractivity contribution is -0.279. The van der Waals surface area contributed by atoms with Gasteiger partial charge in [-0.2, -0.15) is 0 Å². The van der Waals surface area contributed by atoms with Crippen molar-refractivity contribution in [3.63, 3.8) is 0 Å². The van der Waals surface area contributed by atoms with Gasteiger partial charge in [-0.05, 0) is 24.7 Å². The summed E-state index contributed by atoms with van der Waals surface area (Å²) in [5, 5.41) is 0. The van der Waals surface area contributed by atoms with Gasteiger partial charge in [-0.3, -0.25) is 0 Å². The Bertz CT molecular complexity index is 1060. The summed E-state index contributed by atoms with van der Waals surface area (Å²) in [7, 11) is 0. The molecule has 204 valence electrons. The summed E-state index contributed by atoms with van der Waals surface area (Å²) in [6, 6.07) is 0. The SMILES string of the molecule is CCCC1CCC(C2COC(c3c(F)c(F)c(F)c(F)c3F)(c3c(F)c(F)c(F)c(F)c3F)OC2)CC1. The monoisotopic (exact) mass is 544 g/mol. The van der Waals surface area contributed by atoms with Crippen LogP contribution in [-0.2, 0) is 15.3 Å². The molecule has 0 amide bonds. The van der Waals surface area contributed by atoms with Crippen molar-refractivity contribution in [2.75, 3.05) is 13.2 Å². The molecular formula is C25H22F10O2. The zero-order valence-corrected chi connectivity index (χ0v) is 19.5. The van der Waals surface area contributed by atoms with Gasteiger partial charge in [0.05, 0.1) is 24.3 Å². The predicted molar refractivity (Wildman–Crippen MR) is 109 cm³/mol. The highest BCUT2D eigenvalue weighted by molar-refractivity contribution is 5.40. The number of hydrogen-bond donors (Lipinski definition) is 0. The van der Waals surface area contributed by atoms with Gasteiger partial charge in [-0.15, -0.1) is 0 Å². The first-order valence-corrected chi connectivity index (χ1v) is 11.8. The molecule has 0 bridgehead atoms. The Balaban J connectivity index is 1.82. The lowest BCUT2D eigenvalue weighted by atomic mass is 9.74. The minimum Gasteiger partial charge on any atom is -0.341 e. The molecule has 1 saturated heterocycles. The third kappa shape index (κ3) is 4.49. The largest absolute Gasteiger partial charge is 0.341 e. The minimum absolute atomic E-state index is 0.0705. The third-order valence-electron chi connectivity index (χ3n) is 7.33. The molecule has 0 atom stereocenters. The summed E-state index contributed by atoms with van der Waals surface area (Å²) in [4.78, 5) is 0. The smallest absolute Gasteiger partial charge is 0.234 e. The van der Waals surface area contributed by atoms with Gasteiger partial charge in [0, 0.05) is 5.92 Å². The van der Waals surface area contributed by atoms with Crippen molar-refractivity contribution in [2.45, 2.75) is 51.2 Å². The van der Waals surface area contributed by atoms with E-state index in [2.05, 4.69) is 0 Å². The molecule has 0 unspecified atom stereocenters. The second-order valence-corrected chi connectivity index (χ2v) is 9.46. The summed E-state index contributed by atoms with van der Waals surface area (Å²) in [6.45, 7) is 0.914. The Morgan fingerprint density at radius 3 is 1.24 bits per heavy atom. The summed E-state index contributed by atoms with van der Waals surface area (Å²) >= 11 is 0. The van der Waals surface area contributed by atoms with E-state index in [-0.39, 0.29) is 5.92 Å².